The molecule has 0 atom stereocenters. The Morgan fingerprint density at radius 2 is 0.489 bits per heavy atom. The van der Waals surface area contributed by atoms with Crippen molar-refractivity contribution < 1.29 is 61.6 Å². The van der Waals surface area contributed by atoms with Gasteiger partial charge in [0.2, 0.25) is 0 Å². The molecule has 14 nitrogen and oxygen atoms in total. The molecule has 0 radical (unpaired) electrons. The highest BCUT2D eigenvalue weighted by molar-refractivity contribution is 5.13. The first kappa shape index (κ1) is 43.7. The van der Waals surface area contributed by atoms with Crippen LogP contribution in [0, 0.1) is 0 Å². The van der Waals surface area contributed by atoms with Crippen molar-refractivity contribution in [3.63, 3.8) is 0 Å². The van der Waals surface area contributed by atoms with Crippen molar-refractivity contribution in [3.05, 3.63) is 35.9 Å². The number of hydrogen-bond donors (Lipinski definition) is 1. The number of rotatable bonds is 40. The van der Waals surface area contributed by atoms with Crippen LogP contribution < -0.4 is 5.73 Å². The Labute approximate surface area is 281 Å². The van der Waals surface area contributed by atoms with Crippen LogP contribution in [-0.4, -0.2) is 172 Å². The molecule has 0 unspecified atom stereocenters. The molecule has 0 aliphatic heterocycles. The van der Waals surface area contributed by atoms with Gasteiger partial charge in [-0.2, -0.15) is 0 Å². The lowest BCUT2D eigenvalue weighted by Crippen LogP contribution is -2.16. The van der Waals surface area contributed by atoms with Gasteiger partial charge < -0.3 is 67.3 Å². The van der Waals surface area contributed by atoms with Gasteiger partial charge in [-0.05, 0) is 5.56 Å². The van der Waals surface area contributed by atoms with Gasteiger partial charge in [0.25, 0.3) is 0 Å². The molecule has 0 aliphatic rings. The van der Waals surface area contributed by atoms with Crippen LogP contribution >= 0.6 is 0 Å². The fourth-order valence-electron chi connectivity index (χ4n) is 3.49. The average molecular weight is 680 g/mol. The molecular formula is C33H61NO13. The van der Waals surface area contributed by atoms with Gasteiger partial charge in [-0.3, -0.25) is 0 Å². The van der Waals surface area contributed by atoms with Crippen molar-refractivity contribution in [1.82, 2.24) is 0 Å². The molecule has 0 aliphatic carbocycles. The van der Waals surface area contributed by atoms with Crippen LogP contribution in [0.2, 0.25) is 0 Å². The molecule has 47 heavy (non-hydrogen) atoms. The Morgan fingerprint density at radius 1 is 0.277 bits per heavy atom. The van der Waals surface area contributed by atoms with Crippen LogP contribution in [0.3, 0.4) is 0 Å². The van der Waals surface area contributed by atoms with Crippen molar-refractivity contribution >= 4 is 0 Å². The average Bonchev–Trinajstić information content (AvgIpc) is 3.09. The lowest BCUT2D eigenvalue weighted by molar-refractivity contribution is -0.0291. The minimum absolute atomic E-state index is 0.508. The monoisotopic (exact) mass is 679 g/mol. The quantitative estimate of drug-likeness (QED) is 0.0997. The predicted octanol–water partition coefficient (Wildman–Crippen LogP) is 1.36. The molecule has 0 spiro atoms. The summed E-state index contributed by atoms with van der Waals surface area (Å²) in [6.45, 7) is 14.2. The first-order valence-electron chi connectivity index (χ1n) is 16.7. The molecule has 276 valence electrons. The lowest BCUT2D eigenvalue weighted by Gasteiger charge is -2.09. The van der Waals surface area contributed by atoms with Gasteiger partial charge in [-0.15, -0.1) is 0 Å². The first-order valence-corrected chi connectivity index (χ1v) is 16.7. The van der Waals surface area contributed by atoms with Crippen molar-refractivity contribution in [3.8, 4) is 0 Å². The maximum atomic E-state index is 5.57. The van der Waals surface area contributed by atoms with Crippen LogP contribution in [0.5, 0.6) is 0 Å². The summed E-state index contributed by atoms with van der Waals surface area (Å²) < 4.78 is 70.9. The van der Waals surface area contributed by atoms with Crippen molar-refractivity contribution in [2.75, 3.05) is 172 Å². The summed E-state index contributed by atoms with van der Waals surface area (Å²) in [5, 5.41) is 0. The lowest BCUT2D eigenvalue weighted by atomic mass is 10.2. The van der Waals surface area contributed by atoms with Crippen LogP contribution in [0.4, 0.5) is 0 Å². The van der Waals surface area contributed by atoms with E-state index in [2.05, 4.69) is 0 Å². The van der Waals surface area contributed by atoms with Gasteiger partial charge >= 0.3 is 0 Å². The number of ether oxygens (including phenoxy) is 13. The zero-order valence-electron chi connectivity index (χ0n) is 28.4. The van der Waals surface area contributed by atoms with E-state index in [4.69, 9.17) is 67.3 Å². The maximum absolute atomic E-state index is 5.57. The standard InChI is InChI=1S/C33H61NO13/c34-6-7-35-8-9-36-10-11-37-12-13-38-14-15-39-16-17-40-18-19-41-20-21-42-22-23-43-24-25-44-26-27-45-28-29-46-30-31-47-32-33-4-2-1-3-5-33/h1-5H,6-32,34H2. The van der Waals surface area contributed by atoms with Gasteiger partial charge in [-0.25, -0.2) is 0 Å². The second-order valence-corrected chi connectivity index (χ2v) is 9.68. The van der Waals surface area contributed by atoms with E-state index >= 15 is 0 Å². The summed E-state index contributed by atoms with van der Waals surface area (Å²) in [7, 11) is 0. The Bertz CT molecular complexity index is 708. The third kappa shape index (κ3) is 35.8. The molecule has 2 N–H and O–H groups in total. The fourth-order valence-corrected chi connectivity index (χ4v) is 3.49. The third-order valence-corrected chi connectivity index (χ3v) is 5.84. The Balaban J connectivity index is 1.60. The first-order chi connectivity index (χ1) is 23.4. The van der Waals surface area contributed by atoms with Gasteiger partial charge in [0, 0.05) is 6.54 Å². The van der Waals surface area contributed by atoms with Gasteiger partial charge in [0.15, 0.2) is 0 Å². The van der Waals surface area contributed by atoms with Crippen LogP contribution in [0.1, 0.15) is 5.56 Å². The SMILES string of the molecule is NCCOCCOCCOCCOCCOCCOCCOCCOCCOCCOCCOCCOCCOCc1ccccc1. The molecule has 0 aromatic heterocycles. The highest BCUT2D eigenvalue weighted by Crippen LogP contribution is 2.00. The van der Waals surface area contributed by atoms with E-state index in [-0.39, 0.29) is 0 Å². The topological polar surface area (TPSA) is 146 Å². The van der Waals surface area contributed by atoms with Crippen LogP contribution in [0.25, 0.3) is 0 Å². The van der Waals surface area contributed by atoms with Gasteiger partial charge in [0.05, 0.1) is 172 Å². The predicted molar refractivity (Wildman–Crippen MR) is 175 cm³/mol. The van der Waals surface area contributed by atoms with E-state index in [0.29, 0.717) is 178 Å². The smallest absolute Gasteiger partial charge is 0.0718 e. The summed E-state index contributed by atoms with van der Waals surface area (Å²) >= 11 is 0. The van der Waals surface area contributed by atoms with Crippen LogP contribution in [0.15, 0.2) is 30.3 Å². The van der Waals surface area contributed by atoms with E-state index in [1.54, 1.807) is 0 Å². The molecule has 1 rings (SSSR count). The Kier molecular flexibility index (Phi) is 36.3. The highest BCUT2D eigenvalue weighted by Gasteiger charge is 1.97. The summed E-state index contributed by atoms with van der Waals surface area (Å²) in [4.78, 5) is 0. The number of hydrogen-bond acceptors (Lipinski definition) is 14. The molecule has 0 fully saturated rings. The van der Waals surface area contributed by atoms with Crippen LogP contribution in [-0.2, 0) is 68.2 Å². The van der Waals surface area contributed by atoms with Gasteiger partial charge in [-0.1, -0.05) is 30.3 Å². The van der Waals surface area contributed by atoms with E-state index in [0.717, 1.165) is 5.56 Å². The van der Waals surface area contributed by atoms with Crippen molar-refractivity contribution in [1.29, 1.82) is 0 Å². The van der Waals surface area contributed by atoms with E-state index in [1.165, 1.54) is 0 Å². The molecule has 0 heterocycles. The Hall–Kier alpha value is -1.34. The summed E-state index contributed by atoms with van der Waals surface area (Å²) in [5.74, 6) is 0. The number of benzene rings is 1. The molecule has 0 saturated heterocycles. The summed E-state index contributed by atoms with van der Waals surface area (Å²) in [5.41, 5.74) is 6.49. The minimum Gasteiger partial charge on any atom is -0.378 e. The van der Waals surface area contributed by atoms with Crippen molar-refractivity contribution in [2.45, 2.75) is 6.61 Å². The van der Waals surface area contributed by atoms with E-state index in [1.807, 2.05) is 30.3 Å². The zero-order chi connectivity index (χ0) is 33.4. The Morgan fingerprint density at radius 3 is 0.723 bits per heavy atom. The van der Waals surface area contributed by atoms with Crippen molar-refractivity contribution in [2.24, 2.45) is 5.73 Å². The van der Waals surface area contributed by atoms with E-state index in [9.17, 15) is 0 Å². The molecule has 0 saturated carbocycles. The molecule has 1 aromatic carbocycles. The second kappa shape index (κ2) is 39.1. The number of nitrogens with two attached hydrogens (primary N) is 1. The normalized spacial score (nSPS) is 11.5. The maximum Gasteiger partial charge on any atom is 0.0718 e. The highest BCUT2D eigenvalue weighted by atomic mass is 16.6. The summed E-state index contributed by atoms with van der Waals surface area (Å²) in [6.07, 6.45) is 0. The molecular weight excluding hydrogens is 618 g/mol. The third-order valence-electron chi connectivity index (χ3n) is 5.84. The largest absolute Gasteiger partial charge is 0.378 e. The summed E-state index contributed by atoms with van der Waals surface area (Å²) in [6, 6.07) is 10.1. The zero-order valence-corrected chi connectivity index (χ0v) is 28.4. The second-order valence-electron chi connectivity index (χ2n) is 9.68. The molecule has 0 amide bonds. The molecule has 14 heteroatoms. The molecule has 1 aromatic rings. The fraction of sp³-hybridized carbons (Fsp3) is 0.818. The van der Waals surface area contributed by atoms with Gasteiger partial charge in [0.1, 0.15) is 0 Å². The van der Waals surface area contributed by atoms with E-state index < -0.39 is 0 Å². The molecule has 0 bridgehead atoms. The minimum atomic E-state index is 0.508.